The van der Waals surface area contributed by atoms with Crippen LogP contribution in [0.2, 0.25) is 0 Å². The molecule has 1 aliphatic heterocycles. The summed E-state index contributed by atoms with van der Waals surface area (Å²) in [6, 6.07) is 9.90. The number of nitrogens with zero attached hydrogens (tertiary/aromatic N) is 1. The van der Waals surface area contributed by atoms with Crippen LogP contribution in [-0.4, -0.2) is 22.5 Å². The number of rotatable bonds is 6. The van der Waals surface area contributed by atoms with E-state index in [-0.39, 0.29) is 0 Å². The summed E-state index contributed by atoms with van der Waals surface area (Å²) >= 11 is 0. The van der Waals surface area contributed by atoms with Gasteiger partial charge in [-0.1, -0.05) is 37.3 Å². The maximum Gasteiger partial charge on any atom is 0.0161 e. The largest absolute Gasteiger partial charge is 0.293 e. The van der Waals surface area contributed by atoms with Crippen molar-refractivity contribution in [3.05, 3.63) is 48.0 Å². The van der Waals surface area contributed by atoms with Gasteiger partial charge in [0, 0.05) is 11.1 Å². The molecular formula is C32H51N. The van der Waals surface area contributed by atoms with Crippen LogP contribution in [0.3, 0.4) is 0 Å². The number of benzene rings is 1. The molecule has 2 aliphatic carbocycles. The average Bonchev–Trinajstić information content (AvgIpc) is 2.81. The lowest BCUT2D eigenvalue weighted by molar-refractivity contribution is -0.0671. The van der Waals surface area contributed by atoms with Crippen LogP contribution in [0, 0.1) is 17.8 Å². The average molecular weight is 450 g/mol. The third kappa shape index (κ3) is 5.61. The van der Waals surface area contributed by atoms with Gasteiger partial charge in [-0.2, -0.15) is 0 Å². The van der Waals surface area contributed by atoms with E-state index in [0.29, 0.717) is 11.1 Å². The van der Waals surface area contributed by atoms with Crippen LogP contribution < -0.4 is 0 Å². The highest BCUT2D eigenvalue weighted by Gasteiger charge is 2.46. The number of hydrogen-bond acceptors (Lipinski definition) is 1. The molecule has 1 aromatic rings. The molecular weight excluding hydrogens is 398 g/mol. The minimum absolute atomic E-state index is 0.333. The Balaban J connectivity index is 1.32. The van der Waals surface area contributed by atoms with E-state index in [1.807, 2.05) is 0 Å². The molecule has 0 aromatic heterocycles. The van der Waals surface area contributed by atoms with E-state index in [1.165, 1.54) is 77.2 Å². The Kier molecular flexibility index (Phi) is 7.79. The molecule has 0 spiro atoms. The smallest absolute Gasteiger partial charge is 0.0161 e. The van der Waals surface area contributed by atoms with Crippen LogP contribution in [0.1, 0.15) is 128 Å². The van der Waals surface area contributed by atoms with E-state index in [1.54, 1.807) is 11.1 Å². The Bertz CT molecular complexity index is 738. The van der Waals surface area contributed by atoms with Gasteiger partial charge in [0.05, 0.1) is 0 Å². The Hall–Kier alpha value is -1.08. The zero-order chi connectivity index (χ0) is 23.6. The summed E-state index contributed by atoms with van der Waals surface area (Å²) in [5.41, 5.74) is 3.86. The predicted octanol–water partition coefficient (Wildman–Crippen LogP) is 9.10. The van der Waals surface area contributed by atoms with Crippen molar-refractivity contribution < 1.29 is 0 Å². The van der Waals surface area contributed by atoms with Crippen LogP contribution in [-0.2, 0) is 0 Å². The van der Waals surface area contributed by atoms with Crippen molar-refractivity contribution in [1.29, 1.82) is 0 Å². The molecule has 0 radical (unpaired) electrons. The number of likely N-dealkylation sites (tertiary alicyclic amines) is 1. The zero-order valence-electron chi connectivity index (χ0n) is 22.4. The SMILES string of the molecule is C=CC1CCC(c2ccc(C3CCC(C4CC(C)(C)N(CCC)C(C)(C)C4)CC3)cc2)CC1. The van der Waals surface area contributed by atoms with Crippen LogP contribution in [0.25, 0.3) is 0 Å². The summed E-state index contributed by atoms with van der Waals surface area (Å²) < 4.78 is 0. The van der Waals surface area contributed by atoms with Gasteiger partial charge in [0.2, 0.25) is 0 Å². The summed E-state index contributed by atoms with van der Waals surface area (Å²) in [5, 5.41) is 0. The Morgan fingerprint density at radius 1 is 0.758 bits per heavy atom. The van der Waals surface area contributed by atoms with E-state index < -0.39 is 0 Å². The zero-order valence-corrected chi connectivity index (χ0v) is 22.4. The van der Waals surface area contributed by atoms with Gasteiger partial charge in [-0.05, 0) is 146 Å². The van der Waals surface area contributed by atoms with E-state index in [0.717, 1.165) is 29.6 Å². The molecule has 2 saturated carbocycles. The van der Waals surface area contributed by atoms with Gasteiger partial charge in [-0.3, -0.25) is 4.90 Å². The fraction of sp³-hybridized carbons (Fsp3) is 0.750. The molecule has 1 nitrogen and oxygen atoms in total. The van der Waals surface area contributed by atoms with Crippen LogP contribution in [0.15, 0.2) is 36.9 Å². The minimum Gasteiger partial charge on any atom is -0.293 e. The molecule has 0 N–H and O–H groups in total. The first-order chi connectivity index (χ1) is 15.7. The summed E-state index contributed by atoms with van der Waals surface area (Å²) in [4.78, 5) is 2.81. The lowest BCUT2D eigenvalue weighted by Gasteiger charge is -2.57. The summed E-state index contributed by atoms with van der Waals surface area (Å²) in [5.74, 6) is 4.15. The van der Waals surface area contributed by atoms with Crippen molar-refractivity contribution in [3.63, 3.8) is 0 Å². The monoisotopic (exact) mass is 449 g/mol. The molecule has 0 bridgehead atoms. The topological polar surface area (TPSA) is 3.24 Å². The summed E-state index contributed by atoms with van der Waals surface area (Å²) in [6.45, 7) is 17.6. The molecule has 0 unspecified atom stereocenters. The molecule has 0 amide bonds. The molecule has 4 rings (SSSR count). The predicted molar refractivity (Wildman–Crippen MR) is 144 cm³/mol. The normalized spacial score (nSPS) is 33.0. The van der Waals surface area contributed by atoms with Gasteiger partial charge < -0.3 is 0 Å². The molecule has 0 atom stereocenters. The lowest BCUT2D eigenvalue weighted by atomic mass is 9.64. The number of piperidine rings is 1. The van der Waals surface area contributed by atoms with Gasteiger partial charge in [-0.25, -0.2) is 0 Å². The number of hydrogen-bond donors (Lipinski definition) is 0. The second-order valence-corrected chi connectivity index (χ2v) is 13.1. The molecule has 33 heavy (non-hydrogen) atoms. The van der Waals surface area contributed by atoms with E-state index in [2.05, 4.69) is 76.4 Å². The quantitative estimate of drug-likeness (QED) is 0.391. The van der Waals surface area contributed by atoms with Gasteiger partial charge in [-0.15, -0.1) is 6.58 Å². The fourth-order valence-electron chi connectivity index (χ4n) is 8.21. The maximum atomic E-state index is 4.00. The third-order valence-corrected chi connectivity index (χ3v) is 9.86. The first kappa shape index (κ1) is 25.0. The Morgan fingerprint density at radius 3 is 1.64 bits per heavy atom. The van der Waals surface area contributed by atoms with Gasteiger partial charge >= 0.3 is 0 Å². The molecule has 184 valence electrons. The molecule has 1 heterocycles. The van der Waals surface area contributed by atoms with Crippen LogP contribution in [0.4, 0.5) is 0 Å². The Morgan fingerprint density at radius 2 is 1.21 bits per heavy atom. The highest BCUT2D eigenvalue weighted by atomic mass is 15.3. The third-order valence-electron chi connectivity index (χ3n) is 9.86. The van der Waals surface area contributed by atoms with E-state index in [9.17, 15) is 0 Å². The molecule has 1 saturated heterocycles. The van der Waals surface area contributed by atoms with Gasteiger partial charge in [0.1, 0.15) is 0 Å². The van der Waals surface area contributed by atoms with Crippen molar-refractivity contribution in [2.75, 3.05) is 6.54 Å². The molecule has 1 heteroatoms. The van der Waals surface area contributed by atoms with E-state index in [4.69, 9.17) is 0 Å². The second kappa shape index (κ2) is 10.3. The van der Waals surface area contributed by atoms with Gasteiger partial charge in [0.25, 0.3) is 0 Å². The highest BCUT2D eigenvalue weighted by molar-refractivity contribution is 5.28. The first-order valence-electron chi connectivity index (χ1n) is 14.2. The second-order valence-electron chi connectivity index (χ2n) is 13.1. The fourth-order valence-corrected chi connectivity index (χ4v) is 8.21. The molecule has 1 aromatic carbocycles. The summed E-state index contributed by atoms with van der Waals surface area (Å²) in [7, 11) is 0. The van der Waals surface area contributed by atoms with Crippen molar-refractivity contribution in [2.45, 2.75) is 128 Å². The van der Waals surface area contributed by atoms with Crippen LogP contribution >= 0.6 is 0 Å². The lowest BCUT2D eigenvalue weighted by Crippen LogP contribution is -2.61. The van der Waals surface area contributed by atoms with Crippen molar-refractivity contribution in [1.82, 2.24) is 4.90 Å². The van der Waals surface area contributed by atoms with Crippen molar-refractivity contribution >= 4 is 0 Å². The highest BCUT2D eigenvalue weighted by Crippen LogP contribution is 2.49. The van der Waals surface area contributed by atoms with Crippen molar-refractivity contribution in [3.8, 4) is 0 Å². The van der Waals surface area contributed by atoms with Gasteiger partial charge in [0.15, 0.2) is 0 Å². The van der Waals surface area contributed by atoms with E-state index >= 15 is 0 Å². The summed E-state index contributed by atoms with van der Waals surface area (Å²) in [6.07, 6.45) is 17.2. The Labute approximate surface area is 205 Å². The van der Waals surface area contributed by atoms with Crippen molar-refractivity contribution in [2.24, 2.45) is 17.8 Å². The number of allylic oxidation sites excluding steroid dienone is 1. The maximum absolute atomic E-state index is 4.00. The first-order valence-corrected chi connectivity index (χ1v) is 14.2. The minimum atomic E-state index is 0.333. The standard InChI is InChI=1S/C32H51N/c1-7-21-33-31(3,4)22-30(23-32(33,5)6)29-19-17-28(18-20-29)27-15-13-26(14-16-27)25-11-9-24(8-2)10-12-25/h8,13-16,24-25,28-30H,2,7,9-12,17-23H2,1,3-6H3. The van der Waals surface area contributed by atoms with Crippen LogP contribution in [0.5, 0.6) is 0 Å². The molecule has 3 aliphatic rings. The molecule has 3 fully saturated rings.